The molecule has 2 N–H and O–H groups in total. The smallest absolute Gasteiger partial charge is 0.333 e. The summed E-state index contributed by atoms with van der Waals surface area (Å²) in [7, 11) is -3.44. The summed E-state index contributed by atoms with van der Waals surface area (Å²) >= 11 is 0. The molecule has 1 aromatic carbocycles. The van der Waals surface area contributed by atoms with Crippen LogP contribution in [0.4, 0.5) is 17.6 Å². The zero-order chi connectivity index (χ0) is 16.6. The highest BCUT2D eigenvalue weighted by Crippen LogP contribution is 2.22. The molecule has 0 aliphatic rings. The molecule has 0 unspecified atom stereocenters. The van der Waals surface area contributed by atoms with Gasteiger partial charge in [0.2, 0.25) is 10.0 Å². The largest absolute Gasteiger partial charge is 0.406 e. The average Bonchev–Trinajstić information content (AvgIpc) is 2.27. The Hall–Kier alpha value is -1.68. The van der Waals surface area contributed by atoms with Crippen LogP contribution in [-0.2, 0) is 10.0 Å². The van der Waals surface area contributed by atoms with E-state index in [4.69, 9.17) is 5.14 Å². The number of carbonyl (C=O) groups excluding carboxylic acids is 1. The van der Waals surface area contributed by atoms with E-state index in [0.717, 1.165) is 20.0 Å². The molecule has 0 bridgehead atoms. The summed E-state index contributed by atoms with van der Waals surface area (Å²) < 4.78 is 72.8. The highest BCUT2D eigenvalue weighted by atomic mass is 32.2. The minimum absolute atomic E-state index is 0.303. The summed E-state index contributed by atoms with van der Waals surface area (Å²) in [6.45, 7) is -0.422. The van der Waals surface area contributed by atoms with Crippen molar-refractivity contribution in [3.05, 3.63) is 29.1 Å². The van der Waals surface area contributed by atoms with E-state index in [1.165, 1.54) is 0 Å². The molecule has 5 nitrogen and oxygen atoms in total. The van der Waals surface area contributed by atoms with Crippen LogP contribution in [0, 0.1) is 12.7 Å². The Morgan fingerprint density at radius 1 is 1.33 bits per heavy atom. The van der Waals surface area contributed by atoms with Gasteiger partial charge < -0.3 is 4.90 Å². The Bertz CT molecular complexity index is 671. The fourth-order valence-electron chi connectivity index (χ4n) is 1.63. The second-order valence-electron chi connectivity index (χ2n) is 4.40. The third-order valence-corrected chi connectivity index (χ3v) is 3.65. The zero-order valence-electron chi connectivity index (χ0n) is 11.0. The number of primary sulfonamides is 1. The zero-order valence-corrected chi connectivity index (χ0v) is 11.8. The molecule has 21 heavy (non-hydrogen) atoms. The maximum Gasteiger partial charge on any atom is 0.406 e. The Morgan fingerprint density at radius 3 is 2.29 bits per heavy atom. The molecule has 0 heterocycles. The van der Waals surface area contributed by atoms with Crippen LogP contribution in [0.1, 0.15) is 15.9 Å². The molecule has 0 aliphatic heterocycles. The van der Waals surface area contributed by atoms with Gasteiger partial charge in [-0.25, -0.2) is 17.9 Å². The molecule has 0 atom stereocenters. The molecule has 0 aliphatic carbocycles. The van der Waals surface area contributed by atoms with Gasteiger partial charge in [-0.3, -0.25) is 4.79 Å². The molecule has 1 rings (SSSR count). The Labute approximate surface area is 118 Å². The van der Waals surface area contributed by atoms with Gasteiger partial charge in [0, 0.05) is 18.2 Å². The molecule has 118 valence electrons. The number of nitrogens with two attached hydrogens (primary N) is 1. The molecule has 10 heteroatoms. The van der Waals surface area contributed by atoms with Crippen LogP contribution in [-0.4, -0.2) is 39.0 Å². The predicted octanol–water partition coefficient (Wildman–Crippen LogP) is 1.42. The van der Waals surface area contributed by atoms with Crippen LogP contribution in [0.5, 0.6) is 0 Å². The monoisotopic (exact) mass is 328 g/mol. The molecule has 0 spiro atoms. The summed E-state index contributed by atoms with van der Waals surface area (Å²) in [5.41, 5.74) is -0.846. The first-order valence-corrected chi connectivity index (χ1v) is 7.02. The van der Waals surface area contributed by atoms with E-state index >= 15 is 0 Å². The fraction of sp³-hybridized carbons (Fsp3) is 0.364. The van der Waals surface area contributed by atoms with Gasteiger partial charge in [0.15, 0.2) is 0 Å². The molecule has 0 saturated carbocycles. The first kappa shape index (κ1) is 17.4. The molecule has 0 fully saturated rings. The molecule has 0 saturated heterocycles. The average molecular weight is 328 g/mol. The van der Waals surface area contributed by atoms with E-state index in [9.17, 15) is 30.8 Å². The third-order valence-electron chi connectivity index (χ3n) is 2.61. The van der Waals surface area contributed by atoms with Crippen LogP contribution < -0.4 is 5.14 Å². The van der Waals surface area contributed by atoms with Gasteiger partial charge in [-0.2, -0.15) is 13.2 Å². The lowest BCUT2D eigenvalue weighted by Crippen LogP contribution is -2.36. The Kier molecular flexibility index (Phi) is 4.63. The highest BCUT2D eigenvalue weighted by Gasteiger charge is 2.32. The van der Waals surface area contributed by atoms with Gasteiger partial charge in [-0.1, -0.05) is 0 Å². The lowest BCUT2D eigenvalue weighted by molar-refractivity contribution is -0.138. The first-order chi connectivity index (χ1) is 9.33. The Balaban J connectivity index is 3.27. The van der Waals surface area contributed by atoms with Crippen molar-refractivity contribution in [2.45, 2.75) is 18.0 Å². The van der Waals surface area contributed by atoms with Gasteiger partial charge in [0.1, 0.15) is 12.4 Å². The molecule has 0 aromatic heterocycles. The quantitative estimate of drug-likeness (QED) is 0.852. The van der Waals surface area contributed by atoms with Crippen LogP contribution in [0.25, 0.3) is 0 Å². The molecular formula is C11H12F4N2O3S. The summed E-state index contributed by atoms with van der Waals surface area (Å²) in [6, 6.07) is 1.42. The lowest BCUT2D eigenvalue weighted by atomic mass is 10.1. The van der Waals surface area contributed by atoms with Crippen LogP contribution in [0.15, 0.2) is 17.0 Å². The normalized spacial score (nSPS) is 12.3. The van der Waals surface area contributed by atoms with Crippen LogP contribution >= 0.6 is 0 Å². The Morgan fingerprint density at radius 2 is 1.86 bits per heavy atom. The topological polar surface area (TPSA) is 80.5 Å². The SMILES string of the molecule is Cc1c(F)cc(C(=O)N(C)CC(F)(F)F)cc1S(N)(=O)=O. The van der Waals surface area contributed by atoms with Crippen molar-refractivity contribution in [3.63, 3.8) is 0 Å². The number of sulfonamides is 1. The van der Waals surface area contributed by atoms with Crippen molar-refractivity contribution in [3.8, 4) is 0 Å². The first-order valence-electron chi connectivity index (χ1n) is 5.48. The standard InChI is InChI=1S/C11H12F4N2O3S/c1-6-8(12)3-7(4-9(6)21(16,19)20)10(18)17(2)5-11(13,14)15/h3-4H,5H2,1-2H3,(H2,16,19,20). The van der Waals surface area contributed by atoms with Gasteiger partial charge in [-0.15, -0.1) is 0 Å². The van der Waals surface area contributed by atoms with Crippen molar-refractivity contribution in [1.82, 2.24) is 4.90 Å². The maximum absolute atomic E-state index is 13.6. The highest BCUT2D eigenvalue weighted by molar-refractivity contribution is 7.89. The van der Waals surface area contributed by atoms with Gasteiger partial charge in [-0.05, 0) is 19.1 Å². The molecule has 0 radical (unpaired) electrons. The number of carbonyl (C=O) groups is 1. The molecule has 1 amide bonds. The van der Waals surface area contributed by atoms with E-state index in [1.807, 2.05) is 0 Å². The van der Waals surface area contributed by atoms with Crippen LogP contribution in [0.2, 0.25) is 0 Å². The predicted molar refractivity (Wildman–Crippen MR) is 65.5 cm³/mol. The fourth-order valence-corrected chi connectivity index (χ4v) is 2.45. The van der Waals surface area contributed by atoms with Crippen molar-refractivity contribution in [2.24, 2.45) is 5.14 Å². The third kappa shape index (κ3) is 4.39. The summed E-state index contributed by atoms with van der Waals surface area (Å²) in [5, 5.41) is 4.87. The summed E-state index contributed by atoms with van der Waals surface area (Å²) in [5.74, 6) is -2.22. The maximum atomic E-state index is 13.6. The van der Waals surface area contributed by atoms with E-state index in [0.29, 0.717) is 11.0 Å². The van der Waals surface area contributed by atoms with E-state index < -0.39 is 44.9 Å². The number of hydrogen-bond acceptors (Lipinski definition) is 3. The van der Waals surface area contributed by atoms with Crippen molar-refractivity contribution in [1.29, 1.82) is 0 Å². The van der Waals surface area contributed by atoms with Crippen molar-refractivity contribution >= 4 is 15.9 Å². The lowest BCUT2D eigenvalue weighted by Gasteiger charge is -2.19. The number of rotatable bonds is 3. The number of alkyl halides is 3. The number of nitrogens with zero attached hydrogens (tertiary/aromatic N) is 1. The van der Waals surface area contributed by atoms with Crippen molar-refractivity contribution < 1.29 is 30.8 Å². The van der Waals surface area contributed by atoms with Gasteiger partial charge in [0.05, 0.1) is 4.90 Å². The summed E-state index contributed by atoms with van der Waals surface area (Å²) in [6.07, 6.45) is -4.63. The van der Waals surface area contributed by atoms with Gasteiger partial charge >= 0.3 is 6.18 Å². The minimum Gasteiger partial charge on any atom is -0.333 e. The number of amides is 1. The molecular weight excluding hydrogens is 316 g/mol. The summed E-state index contributed by atoms with van der Waals surface area (Å²) in [4.78, 5) is 11.4. The number of hydrogen-bond donors (Lipinski definition) is 1. The molecule has 1 aromatic rings. The van der Waals surface area contributed by atoms with E-state index in [1.54, 1.807) is 0 Å². The number of benzene rings is 1. The van der Waals surface area contributed by atoms with Crippen LogP contribution in [0.3, 0.4) is 0 Å². The number of halogens is 4. The van der Waals surface area contributed by atoms with E-state index in [-0.39, 0.29) is 5.56 Å². The minimum atomic E-state index is -4.63. The second kappa shape index (κ2) is 5.60. The van der Waals surface area contributed by atoms with Gasteiger partial charge in [0.25, 0.3) is 5.91 Å². The second-order valence-corrected chi connectivity index (χ2v) is 5.93. The van der Waals surface area contributed by atoms with E-state index in [2.05, 4.69) is 0 Å². The van der Waals surface area contributed by atoms with Crippen molar-refractivity contribution in [2.75, 3.05) is 13.6 Å².